The van der Waals surface area contributed by atoms with Gasteiger partial charge in [0.15, 0.2) is 0 Å². The van der Waals surface area contributed by atoms with E-state index in [0.29, 0.717) is 24.1 Å². The normalized spacial score (nSPS) is 11.6. The number of aryl methyl sites for hydroxylation is 2. The third-order valence-electron chi connectivity index (χ3n) is 3.61. The van der Waals surface area contributed by atoms with Crippen molar-refractivity contribution < 1.29 is 9.59 Å². The van der Waals surface area contributed by atoms with Crippen molar-refractivity contribution >= 4 is 11.8 Å². The molecule has 0 aliphatic heterocycles. The molecule has 0 aromatic carbocycles. The molecule has 6 heteroatoms. The van der Waals surface area contributed by atoms with Gasteiger partial charge in [-0.1, -0.05) is 6.92 Å². The SMILES string of the molecule is CC[C@@H](CNC(=O)c1cncc(C)c1)NC(=O)c1cncc(C)c1. The first-order chi connectivity index (χ1) is 11.5. The lowest BCUT2D eigenvalue weighted by molar-refractivity contribution is 0.0907. The van der Waals surface area contributed by atoms with E-state index in [4.69, 9.17) is 0 Å². The summed E-state index contributed by atoms with van der Waals surface area (Å²) >= 11 is 0. The van der Waals surface area contributed by atoms with Crippen LogP contribution in [0.3, 0.4) is 0 Å². The molecule has 2 N–H and O–H groups in total. The van der Waals surface area contributed by atoms with Gasteiger partial charge in [0.05, 0.1) is 11.1 Å². The highest BCUT2D eigenvalue weighted by molar-refractivity contribution is 5.95. The molecule has 126 valence electrons. The van der Waals surface area contributed by atoms with Gasteiger partial charge < -0.3 is 10.6 Å². The fourth-order valence-corrected chi connectivity index (χ4v) is 2.24. The van der Waals surface area contributed by atoms with Crippen molar-refractivity contribution in [1.82, 2.24) is 20.6 Å². The van der Waals surface area contributed by atoms with E-state index in [1.54, 1.807) is 24.5 Å². The van der Waals surface area contributed by atoms with Crippen molar-refractivity contribution in [2.24, 2.45) is 0 Å². The Bertz CT molecular complexity index is 730. The standard InChI is InChI=1S/C18H22N4O2/c1-4-16(22-18(24)15-6-13(3)8-20-10-15)11-21-17(23)14-5-12(2)7-19-9-14/h5-10,16H,4,11H2,1-3H3,(H,21,23)(H,22,24)/t16-/m0/s1. The summed E-state index contributed by atoms with van der Waals surface area (Å²) in [5.41, 5.74) is 2.88. The molecule has 0 spiro atoms. The predicted molar refractivity (Wildman–Crippen MR) is 91.8 cm³/mol. The summed E-state index contributed by atoms with van der Waals surface area (Å²) in [5.74, 6) is -0.388. The minimum absolute atomic E-state index is 0.153. The molecule has 0 aliphatic rings. The van der Waals surface area contributed by atoms with Gasteiger partial charge in [-0.3, -0.25) is 19.6 Å². The Labute approximate surface area is 141 Å². The van der Waals surface area contributed by atoms with Crippen molar-refractivity contribution in [3.05, 3.63) is 59.2 Å². The van der Waals surface area contributed by atoms with Gasteiger partial charge in [-0.2, -0.15) is 0 Å². The summed E-state index contributed by atoms with van der Waals surface area (Å²) in [6.45, 7) is 6.08. The van der Waals surface area contributed by atoms with E-state index in [9.17, 15) is 9.59 Å². The first-order valence-corrected chi connectivity index (χ1v) is 7.92. The van der Waals surface area contributed by atoms with E-state index >= 15 is 0 Å². The van der Waals surface area contributed by atoms with Crippen LogP contribution < -0.4 is 10.6 Å². The van der Waals surface area contributed by atoms with Gasteiger partial charge >= 0.3 is 0 Å². The van der Waals surface area contributed by atoms with E-state index < -0.39 is 0 Å². The predicted octanol–water partition coefficient (Wildman–Crippen LogP) is 2.03. The topological polar surface area (TPSA) is 84.0 Å². The molecule has 2 heterocycles. The van der Waals surface area contributed by atoms with Crippen molar-refractivity contribution in [3.8, 4) is 0 Å². The van der Waals surface area contributed by atoms with Gasteiger partial charge in [0.2, 0.25) is 0 Å². The van der Waals surface area contributed by atoms with E-state index in [1.807, 2.05) is 20.8 Å². The zero-order valence-electron chi connectivity index (χ0n) is 14.2. The lowest BCUT2D eigenvalue weighted by Crippen LogP contribution is -2.43. The number of pyridine rings is 2. The van der Waals surface area contributed by atoms with Crippen molar-refractivity contribution in [2.75, 3.05) is 6.54 Å². The Morgan fingerprint density at radius 3 is 2.00 bits per heavy atom. The largest absolute Gasteiger partial charge is 0.350 e. The summed E-state index contributed by atoms with van der Waals surface area (Å²) in [6, 6.07) is 3.41. The van der Waals surface area contributed by atoms with Gasteiger partial charge in [0.1, 0.15) is 0 Å². The van der Waals surface area contributed by atoms with E-state index in [0.717, 1.165) is 11.1 Å². The monoisotopic (exact) mass is 326 g/mol. The summed E-state index contributed by atoms with van der Waals surface area (Å²) in [7, 11) is 0. The molecule has 0 aliphatic carbocycles. The quantitative estimate of drug-likeness (QED) is 0.851. The average molecular weight is 326 g/mol. The van der Waals surface area contributed by atoms with Gasteiger partial charge in [0.25, 0.3) is 11.8 Å². The highest BCUT2D eigenvalue weighted by atomic mass is 16.2. The van der Waals surface area contributed by atoms with Crippen LogP contribution >= 0.6 is 0 Å². The number of carbonyl (C=O) groups is 2. The average Bonchev–Trinajstić information content (AvgIpc) is 2.58. The molecule has 2 aromatic heterocycles. The number of amides is 2. The molecule has 2 aromatic rings. The molecular weight excluding hydrogens is 304 g/mol. The second kappa shape index (κ2) is 8.19. The van der Waals surface area contributed by atoms with Gasteiger partial charge in [-0.25, -0.2) is 0 Å². The van der Waals surface area contributed by atoms with Crippen LogP contribution in [-0.4, -0.2) is 34.4 Å². The van der Waals surface area contributed by atoms with Crippen molar-refractivity contribution in [3.63, 3.8) is 0 Å². The van der Waals surface area contributed by atoms with Crippen molar-refractivity contribution in [2.45, 2.75) is 33.2 Å². The third kappa shape index (κ3) is 4.87. The Hall–Kier alpha value is -2.76. The van der Waals surface area contributed by atoms with Crippen LogP contribution in [0.2, 0.25) is 0 Å². The van der Waals surface area contributed by atoms with Gasteiger partial charge in [0, 0.05) is 37.4 Å². The maximum Gasteiger partial charge on any atom is 0.253 e. The summed E-state index contributed by atoms with van der Waals surface area (Å²) in [6.07, 6.45) is 7.16. The number of aromatic nitrogens is 2. The van der Waals surface area contributed by atoms with Crippen LogP contribution in [0.15, 0.2) is 36.9 Å². The Morgan fingerprint density at radius 2 is 1.50 bits per heavy atom. The number of nitrogens with zero attached hydrogens (tertiary/aromatic N) is 2. The molecule has 0 bridgehead atoms. The highest BCUT2D eigenvalue weighted by Gasteiger charge is 2.14. The van der Waals surface area contributed by atoms with Crippen LogP contribution in [0.4, 0.5) is 0 Å². The van der Waals surface area contributed by atoms with Crippen molar-refractivity contribution in [1.29, 1.82) is 0 Å². The Balaban J connectivity index is 1.92. The fraction of sp³-hybridized carbons (Fsp3) is 0.333. The maximum absolute atomic E-state index is 12.3. The highest BCUT2D eigenvalue weighted by Crippen LogP contribution is 2.03. The summed E-state index contributed by atoms with van der Waals surface area (Å²) in [5, 5.41) is 5.76. The number of nitrogens with one attached hydrogen (secondary N) is 2. The third-order valence-corrected chi connectivity index (χ3v) is 3.61. The molecule has 24 heavy (non-hydrogen) atoms. The summed E-state index contributed by atoms with van der Waals surface area (Å²) in [4.78, 5) is 32.4. The lowest BCUT2D eigenvalue weighted by Gasteiger charge is -2.18. The second-order valence-corrected chi connectivity index (χ2v) is 5.79. The van der Waals surface area contributed by atoms with E-state index in [-0.39, 0.29) is 17.9 Å². The van der Waals surface area contributed by atoms with Crippen LogP contribution in [0.5, 0.6) is 0 Å². The fourth-order valence-electron chi connectivity index (χ4n) is 2.24. The number of hydrogen-bond donors (Lipinski definition) is 2. The molecule has 6 nitrogen and oxygen atoms in total. The summed E-state index contributed by atoms with van der Waals surface area (Å²) < 4.78 is 0. The maximum atomic E-state index is 12.3. The number of hydrogen-bond acceptors (Lipinski definition) is 4. The van der Waals surface area contributed by atoms with Crippen LogP contribution in [-0.2, 0) is 0 Å². The molecule has 0 radical (unpaired) electrons. The molecule has 0 saturated heterocycles. The molecule has 0 unspecified atom stereocenters. The second-order valence-electron chi connectivity index (χ2n) is 5.79. The number of carbonyl (C=O) groups excluding carboxylic acids is 2. The molecule has 0 saturated carbocycles. The zero-order valence-corrected chi connectivity index (χ0v) is 14.2. The van der Waals surface area contributed by atoms with E-state index in [2.05, 4.69) is 20.6 Å². The minimum atomic E-state index is -0.198. The molecule has 2 rings (SSSR count). The zero-order chi connectivity index (χ0) is 17.5. The van der Waals surface area contributed by atoms with Gasteiger partial charge in [-0.05, 0) is 43.5 Å². The Morgan fingerprint density at radius 1 is 0.958 bits per heavy atom. The minimum Gasteiger partial charge on any atom is -0.350 e. The molecular formula is C18H22N4O2. The first-order valence-electron chi connectivity index (χ1n) is 7.92. The molecule has 2 amide bonds. The Kier molecular flexibility index (Phi) is 6.01. The van der Waals surface area contributed by atoms with Gasteiger partial charge in [-0.15, -0.1) is 0 Å². The molecule has 0 fully saturated rings. The van der Waals surface area contributed by atoms with E-state index in [1.165, 1.54) is 12.4 Å². The molecule has 1 atom stereocenters. The van der Waals surface area contributed by atoms with Crippen LogP contribution in [0.25, 0.3) is 0 Å². The smallest absolute Gasteiger partial charge is 0.253 e. The lowest BCUT2D eigenvalue weighted by atomic mass is 10.1. The van der Waals surface area contributed by atoms with Crippen LogP contribution in [0.1, 0.15) is 45.2 Å². The number of rotatable bonds is 6. The first kappa shape index (κ1) is 17.6. The van der Waals surface area contributed by atoms with Crippen LogP contribution in [0, 0.1) is 13.8 Å².